The maximum absolute atomic E-state index is 13.0. The van der Waals surface area contributed by atoms with Gasteiger partial charge in [-0.15, -0.1) is 11.3 Å². The van der Waals surface area contributed by atoms with E-state index in [-0.39, 0.29) is 35.5 Å². The number of thiophene rings is 1. The van der Waals surface area contributed by atoms with Crippen LogP contribution in [0.5, 0.6) is 5.75 Å². The Morgan fingerprint density at radius 2 is 2.06 bits per heavy atom. The lowest BCUT2D eigenvalue weighted by Crippen LogP contribution is -2.38. The molecule has 0 saturated carbocycles. The van der Waals surface area contributed by atoms with Gasteiger partial charge in [-0.2, -0.15) is 16.1 Å². The van der Waals surface area contributed by atoms with Crippen molar-refractivity contribution in [2.45, 2.75) is 18.1 Å². The minimum absolute atomic E-state index is 0.0206. The summed E-state index contributed by atoms with van der Waals surface area (Å²) in [6.45, 7) is 0.584. The number of fused-ring (bicyclic) bond motifs is 1. The van der Waals surface area contributed by atoms with Crippen molar-refractivity contribution >= 4 is 44.8 Å². The Bertz CT molecular complexity index is 1110. The molecule has 10 nitrogen and oxygen atoms in total. The topological polar surface area (TPSA) is 125 Å². The third-order valence-corrected chi connectivity index (χ3v) is 8.65. The average Bonchev–Trinajstić information content (AvgIpc) is 3.28. The van der Waals surface area contributed by atoms with Gasteiger partial charge in [0.2, 0.25) is 10.0 Å². The molecule has 1 fully saturated rings. The SMILES string of the molecule is O=C(OCc1cc([N+](=O)[O-])cc2c1OCOC2)c1sccc1S(=O)(=O)N1CCSCC1. The van der Waals surface area contributed by atoms with Crippen LogP contribution in [0.4, 0.5) is 5.69 Å². The van der Waals surface area contributed by atoms with Crippen molar-refractivity contribution in [2.75, 3.05) is 31.4 Å². The minimum atomic E-state index is -3.81. The lowest BCUT2D eigenvalue weighted by atomic mass is 10.1. The van der Waals surface area contributed by atoms with E-state index < -0.39 is 20.9 Å². The summed E-state index contributed by atoms with van der Waals surface area (Å²) >= 11 is 2.65. The van der Waals surface area contributed by atoms with Crippen LogP contribution >= 0.6 is 23.1 Å². The number of nitro benzene ring substituents is 1. The van der Waals surface area contributed by atoms with Gasteiger partial charge in [0.05, 0.1) is 11.5 Å². The zero-order valence-corrected chi connectivity index (χ0v) is 18.6. The second kappa shape index (κ2) is 9.12. The normalized spacial score (nSPS) is 16.9. The summed E-state index contributed by atoms with van der Waals surface area (Å²) in [5, 5.41) is 12.7. The van der Waals surface area contributed by atoms with Gasteiger partial charge in [-0.1, -0.05) is 0 Å². The van der Waals surface area contributed by atoms with Crippen molar-refractivity contribution in [3.8, 4) is 5.75 Å². The number of thioether (sulfide) groups is 1. The van der Waals surface area contributed by atoms with E-state index in [1.54, 1.807) is 11.8 Å². The van der Waals surface area contributed by atoms with Crippen LogP contribution in [0.2, 0.25) is 0 Å². The van der Waals surface area contributed by atoms with Crippen LogP contribution in [0, 0.1) is 10.1 Å². The molecule has 0 atom stereocenters. The highest BCUT2D eigenvalue weighted by molar-refractivity contribution is 7.99. The first-order valence-electron chi connectivity index (χ1n) is 9.21. The van der Waals surface area contributed by atoms with E-state index in [0.717, 1.165) is 11.3 Å². The lowest BCUT2D eigenvalue weighted by molar-refractivity contribution is -0.385. The molecule has 0 unspecified atom stereocenters. The van der Waals surface area contributed by atoms with Gasteiger partial charge >= 0.3 is 5.97 Å². The number of hydrogen-bond acceptors (Lipinski definition) is 10. The van der Waals surface area contributed by atoms with Crippen LogP contribution in [0.25, 0.3) is 0 Å². The number of carbonyl (C=O) groups is 1. The monoisotopic (exact) mass is 486 g/mol. The Kier molecular flexibility index (Phi) is 6.48. The fraction of sp³-hybridized carbons (Fsp3) is 0.389. The molecule has 0 N–H and O–H groups in total. The predicted octanol–water partition coefficient (Wildman–Crippen LogP) is 2.62. The van der Waals surface area contributed by atoms with Crippen molar-refractivity contribution in [3.05, 3.63) is 49.7 Å². The van der Waals surface area contributed by atoms with Gasteiger partial charge in [0.15, 0.2) is 6.79 Å². The number of non-ortho nitro benzene ring substituents is 1. The Hall–Kier alpha value is -2.19. The first-order valence-corrected chi connectivity index (χ1v) is 12.7. The van der Waals surface area contributed by atoms with E-state index in [1.165, 1.54) is 27.9 Å². The molecule has 0 radical (unpaired) electrons. The third-order valence-electron chi connectivity index (χ3n) is 4.74. The molecule has 0 amide bonds. The first kappa shape index (κ1) is 22.0. The fourth-order valence-electron chi connectivity index (χ4n) is 3.28. The fourth-order valence-corrected chi connectivity index (χ4v) is 7.14. The number of sulfonamides is 1. The molecule has 31 heavy (non-hydrogen) atoms. The molecule has 13 heteroatoms. The van der Waals surface area contributed by atoms with Crippen LogP contribution in [0.3, 0.4) is 0 Å². The largest absolute Gasteiger partial charge is 0.467 e. The molecule has 4 rings (SSSR count). The first-order chi connectivity index (χ1) is 14.9. The van der Waals surface area contributed by atoms with E-state index >= 15 is 0 Å². The number of carbonyl (C=O) groups excluding carboxylic acids is 1. The second-order valence-electron chi connectivity index (χ2n) is 6.67. The summed E-state index contributed by atoms with van der Waals surface area (Å²) in [5.74, 6) is 0.956. The summed E-state index contributed by atoms with van der Waals surface area (Å²) in [5.41, 5.74) is 0.616. The van der Waals surface area contributed by atoms with E-state index in [4.69, 9.17) is 14.2 Å². The van der Waals surface area contributed by atoms with Crippen LogP contribution in [-0.4, -0.2) is 55.0 Å². The van der Waals surface area contributed by atoms with Crippen LogP contribution < -0.4 is 4.74 Å². The number of esters is 1. The second-order valence-corrected chi connectivity index (χ2v) is 10.7. The van der Waals surface area contributed by atoms with Crippen molar-refractivity contribution in [1.82, 2.24) is 4.31 Å². The van der Waals surface area contributed by atoms with Crippen molar-refractivity contribution < 1.29 is 32.3 Å². The molecule has 3 heterocycles. The van der Waals surface area contributed by atoms with Crippen molar-refractivity contribution in [1.29, 1.82) is 0 Å². The molecule has 1 saturated heterocycles. The summed E-state index contributed by atoms with van der Waals surface area (Å²) in [7, 11) is -3.81. The van der Waals surface area contributed by atoms with Crippen molar-refractivity contribution in [3.63, 3.8) is 0 Å². The van der Waals surface area contributed by atoms with Gasteiger partial charge < -0.3 is 14.2 Å². The molecule has 0 bridgehead atoms. The van der Waals surface area contributed by atoms with Gasteiger partial charge in [-0.05, 0) is 11.4 Å². The van der Waals surface area contributed by atoms with Gasteiger partial charge in [-0.25, -0.2) is 13.2 Å². The Morgan fingerprint density at radius 3 is 2.81 bits per heavy atom. The minimum Gasteiger partial charge on any atom is -0.467 e. The average molecular weight is 487 g/mol. The molecule has 166 valence electrons. The summed E-state index contributed by atoms with van der Waals surface area (Å²) in [6.07, 6.45) is 0. The zero-order chi connectivity index (χ0) is 22.0. The smallest absolute Gasteiger partial charge is 0.350 e. The number of nitro groups is 1. The Labute approximate surface area is 186 Å². The molecule has 0 spiro atoms. The number of benzene rings is 1. The molecular formula is C18H18N2O8S3. The molecule has 1 aromatic heterocycles. The highest BCUT2D eigenvalue weighted by atomic mass is 32.2. The Balaban J connectivity index is 1.55. The predicted molar refractivity (Wildman–Crippen MR) is 113 cm³/mol. The van der Waals surface area contributed by atoms with Crippen LogP contribution in [0.1, 0.15) is 20.8 Å². The summed E-state index contributed by atoms with van der Waals surface area (Å²) in [6, 6.07) is 4.02. The molecule has 2 aliphatic heterocycles. The number of hydrogen-bond donors (Lipinski definition) is 0. The van der Waals surface area contributed by atoms with Crippen LogP contribution in [0.15, 0.2) is 28.5 Å². The molecule has 1 aromatic carbocycles. The van der Waals surface area contributed by atoms with Gasteiger partial charge in [0.25, 0.3) is 5.69 Å². The third kappa shape index (κ3) is 4.55. The standard InChI is InChI=1S/C18H18N2O8S3/c21-18(17-15(1-4-30-17)31(24,25)19-2-5-29-6-3-19)27-10-13-8-14(20(22)23)7-12-9-26-11-28-16(12)13/h1,4,7-8H,2-3,5-6,9-11H2. The summed E-state index contributed by atoms with van der Waals surface area (Å²) in [4.78, 5) is 23.3. The highest BCUT2D eigenvalue weighted by Crippen LogP contribution is 2.34. The van der Waals surface area contributed by atoms with E-state index in [2.05, 4.69) is 0 Å². The molecule has 2 aliphatic rings. The summed E-state index contributed by atoms with van der Waals surface area (Å²) < 4.78 is 43.2. The quantitative estimate of drug-likeness (QED) is 0.344. The lowest BCUT2D eigenvalue weighted by Gasteiger charge is -2.25. The molecule has 0 aliphatic carbocycles. The van der Waals surface area contributed by atoms with Crippen molar-refractivity contribution in [2.24, 2.45) is 0 Å². The van der Waals surface area contributed by atoms with E-state index in [0.29, 0.717) is 41.5 Å². The molecular weight excluding hydrogens is 468 g/mol. The number of rotatable bonds is 6. The van der Waals surface area contributed by atoms with Gasteiger partial charge in [0.1, 0.15) is 22.1 Å². The Morgan fingerprint density at radius 1 is 1.29 bits per heavy atom. The van der Waals surface area contributed by atoms with E-state index in [9.17, 15) is 23.3 Å². The van der Waals surface area contributed by atoms with Crippen LogP contribution in [-0.2, 0) is 32.7 Å². The van der Waals surface area contributed by atoms with Gasteiger partial charge in [0, 0.05) is 47.9 Å². The van der Waals surface area contributed by atoms with E-state index in [1.807, 2.05) is 0 Å². The highest BCUT2D eigenvalue weighted by Gasteiger charge is 2.32. The number of nitrogens with zero attached hydrogens (tertiary/aromatic N) is 2. The zero-order valence-electron chi connectivity index (χ0n) is 16.1. The molecule has 2 aromatic rings. The van der Waals surface area contributed by atoms with Gasteiger partial charge in [-0.3, -0.25) is 10.1 Å². The maximum Gasteiger partial charge on any atom is 0.350 e. The maximum atomic E-state index is 13.0. The number of ether oxygens (including phenoxy) is 3.